The van der Waals surface area contributed by atoms with Gasteiger partial charge in [-0.2, -0.15) is 0 Å². The first-order valence-electron chi connectivity index (χ1n) is 6.58. The topological polar surface area (TPSA) is 20.3 Å². The van der Waals surface area contributed by atoms with Crippen molar-refractivity contribution in [2.75, 3.05) is 13.1 Å². The predicted octanol–water partition coefficient (Wildman–Crippen LogP) is 3.47. The highest BCUT2D eigenvalue weighted by atomic mass is 35.5. The van der Waals surface area contributed by atoms with Gasteiger partial charge in [-0.25, -0.2) is 0 Å². The van der Waals surface area contributed by atoms with Crippen molar-refractivity contribution >= 4 is 17.5 Å². The van der Waals surface area contributed by atoms with Crippen LogP contribution in [0.15, 0.2) is 24.3 Å². The number of likely N-dealkylation sites (tertiary alicyclic amines) is 1. The van der Waals surface area contributed by atoms with Gasteiger partial charge in [0, 0.05) is 24.0 Å². The number of benzene rings is 1. The molecule has 1 aromatic carbocycles. The van der Waals surface area contributed by atoms with Gasteiger partial charge in [-0.1, -0.05) is 18.2 Å². The summed E-state index contributed by atoms with van der Waals surface area (Å²) in [5.74, 6) is 0.710. The Morgan fingerprint density at radius 2 is 1.94 bits per heavy atom. The third-order valence-corrected chi connectivity index (χ3v) is 4.21. The van der Waals surface area contributed by atoms with Crippen molar-refractivity contribution in [1.82, 2.24) is 4.90 Å². The summed E-state index contributed by atoms with van der Waals surface area (Å²) in [6.07, 6.45) is 2.03. The van der Waals surface area contributed by atoms with Crippen molar-refractivity contribution < 1.29 is 4.79 Å². The molecule has 1 fully saturated rings. The highest BCUT2D eigenvalue weighted by Gasteiger charge is 2.26. The molecule has 2 rings (SSSR count). The maximum absolute atomic E-state index is 12.4. The third kappa shape index (κ3) is 2.86. The molecule has 0 spiro atoms. The van der Waals surface area contributed by atoms with Crippen LogP contribution in [0.3, 0.4) is 0 Å². The van der Waals surface area contributed by atoms with Crippen molar-refractivity contribution in [3.05, 3.63) is 35.4 Å². The summed E-state index contributed by atoms with van der Waals surface area (Å²) in [5, 5.41) is 0.209. The van der Waals surface area contributed by atoms with E-state index in [0.717, 1.165) is 37.1 Å². The molecule has 2 nitrogen and oxygen atoms in total. The lowest BCUT2D eigenvalue weighted by atomic mass is 9.93. The summed E-state index contributed by atoms with van der Waals surface area (Å²) in [5.41, 5.74) is 1.88. The first kappa shape index (κ1) is 13.4. The summed E-state index contributed by atoms with van der Waals surface area (Å²) < 4.78 is 0. The average molecular weight is 266 g/mol. The molecule has 1 atom stereocenters. The van der Waals surface area contributed by atoms with Crippen molar-refractivity contribution in [2.24, 2.45) is 5.92 Å². The van der Waals surface area contributed by atoms with Gasteiger partial charge in [0.1, 0.15) is 0 Å². The first-order valence-corrected chi connectivity index (χ1v) is 7.02. The maximum Gasteiger partial charge on any atom is 0.254 e. The van der Waals surface area contributed by atoms with Crippen LogP contribution in [0, 0.1) is 12.8 Å². The molecule has 1 aromatic rings. The number of hydrogen-bond donors (Lipinski definition) is 0. The second-order valence-corrected chi connectivity index (χ2v) is 5.81. The third-order valence-electron chi connectivity index (χ3n) is 3.85. The molecule has 1 heterocycles. The molecule has 1 amide bonds. The zero-order valence-corrected chi connectivity index (χ0v) is 11.8. The smallest absolute Gasteiger partial charge is 0.254 e. The minimum absolute atomic E-state index is 0.161. The van der Waals surface area contributed by atoms with Gasteiger partial charge in [0.15, 0.2) is 0 Å². The fourth-order valence-electron chi connectivity index (χ4n) is 2.55. The van der Waals surface area contributed by atoms with Crippen LogP contribution >= 0.6 is 11.6 Å². The normalized spacial score (nSPS) is 18.7. The second-order valence-electron chi connectivity index (χ2n) is 5.12. The number of carbonyl (C=O) groups excluding carboxylic acids is 1. The zero-order valence-electron chi connectivity index (χ0n) is 11.0. The van der Waals surface area contributed by atoms with Gasteiger partial charge in [0.2, 0.25) is 0 Å². The summed E-state index contributed by atoms with van der Waals surface area (Å²) in [6.45, 7) is 5.69. The number of halogens is 1. The molecule has 0 saturated carbocycles. The van der Waals surface area contributed by atoms with Gasteiger partial charge < -0.3 is 4.90 Å². The number of carbonyl (C=O) groups is 1. The molecule has 0 aliphatic carbocycles. The quantitative estimate of drug-likeness (QED) is 0.750. The molecule has 0 N–H and O–H groups in total. The molecule has 1 unspecified atom stereocenters. The fraction of sp³-hybridized carbons (Fsp3) is 0.533. The lowest BCUT2D eigenvalue weighted by Gasteiger charge is -2.33. The monoisotopic (exact) mass is 265 g/mol. The minimum Gasteiger partial charge on any atom is -0.339 e. The van der Waals surface area contributed by atoms with Gasteiger partial charge in [-0.3, -0.25) is 4.79 Å². The van der Waals surface area contributed by atoms with Crippen molar-refractivity contribution in [1.29, 1.82) is 0 Å². The molecule has 0 bridgehead atoms. The molecule has 1 aliphatic heterocycles. The Balaban J connectivity index is 2.02. The van der Waals surface area contributed by atoms with Gasteiger partial charge >= 0.3 is 0 Å². The molecule has 1 aliphatic rings. The number of rotatable bonds is 2. The molecule has 1 saturated heterocycles. The Morgan fingerprint density at radius 3 is 2.50 bits per heavy atom. The lowest BCUT2D eigenvalue weighted by Crippen LogP contribution is -2.40. The van der Waals surface area contributed by atoms with E-state index in [1.165, 1.54) is 0 Å². The van der Waals surface area contributed by atoms with E-state index in [1.54, 1.807) is 0 Å². The number of hydrogen-bond acceptors (Lipinski definition) is 1. The predicted molar refractivity (Wildman–Crippen MR) is 75.1 cm³/mol. The Bertz CT molecular complexity index is 422. The highest BCUT2D eigenvalue weighted by molar-refractivity contribution is 6.20. The molecule has 18 heavy (non-hydrogen) atoms. The van der Waals surface area contributed by atoms with Gasteiger partial charge in [-0.05, 0) is 44.2 Å². The zero-order chi connectivity index (χ0) is 13.1. The van der Waals surface area contributed by atoms with E-state index in [2.05, 4.69) is 0 Å². The Labute approximate surface area is 114 Å². The van der Waals surface area contributed by atoms with E-state index in [-0.39, 0.29) is 11.3 Å². The van der Waals surface area contributed by atoms with Crippen molar-refractivity contribution in [3.8, 4) is 0 Å². The van der Waals surface area contributed by atoms with Crippen LogP contribution in [-0.2, 0) is 0 Å². The molecule has 3 heteroatoms. The minimum atomic E-state index is 0.161. The van der Waals surface area contributed by atoms with E-state index < -0.39 is 0 Å². The van der Waals surface area contributed by atoms with Crippen LogP contribution in [-0.4, -0.2) is 29.3 Å². The number of alkyl halides is 1. The fourth-order valence-corrected chi connectivity index (χ4v) is 2.80. The average Bonchev–Trinajstić information content (AvgIpc) is 2.38. The Hall–Kier alpha value is -1.02. The van der Waals surface area contributed by atoms with Crippen LogP contribution in [0.5, 0.6) is 0 Å². The molecular formula is C15H20ClNO. The van der Waals surface area contributed by atoms with Crippen LogP contribution in [0.4, 0.5) is 0 Å². The van der Waals surface area contributed by atoms with Gasteiger partial charge in [0.05, 0.1) is 0 Å². The summed E-state index contributed by atoms with van der Waals surface area (Å²) in [7, 11) is 0. The number of aryl methyl sites for hydroxylation is 1. The van der Waals surface area contributed by atoms with E-state index >= 15 is 0 Å². The highest BCUT2D eigenvalue weighted by Crippen LogP contribution is 2.25. The van der Waals surface area contributed by atoms with E-state index in [4.69, 9.17) is 11.6 Å². The molecular weight excluding hydrogens is 246 g/mol. The number of amides is 1. The standard InChI is InChI=1S/C15H20ClNO/c1-11-5-3-4-6-14(11)15(18)17-9-7-13(8-10-17)12(2)16/h3-6,12-13H,7-10H2,1-2H3. The first-order chi connectivity index (χ1) is 8.59. The van der Waals surface area contributed by atoms with E-state index in [1.807, 2.05) is 43.0 Å². The lowest BCUT2D eigenvalue weighted by molar-refractivity contribution is 0.0689. The van der Waals surface area contributed by atoms with Crippen LogP contribution < -0.4 is 0 Å². The molecule has 0 radical (unpaired) electrons. The maximum atomic E-state index is 12.4. The largest absolute Gasteiger partial charge is 0.339 e. The van der Waals surface area contributed by atoms with Crippen LogP contribution in [0.2, 0.25) is 0 Å². The summed E-state index contributed by atoms with van der Waals surface area (Å²) in [4.78, 5) is 14.3. The number of nitrogens with zero attached hydrogens (tertiary/aromatic N) is 1. The SMILES string of the molecule is Cc1ccccc1C(=O)N1CCC(C(C)Cl)CC1. The van der Waals surface area contributed by atoms with Crippen LogP contribution in [0.25, 0.3) is 0 Å². The van der Waals surface area contributed by atoms with Crippen molar-refractivity contribution in [3.63, 3.8) is 0 Å². The Morgan fingerprint density at radius 1 is 1.33 bits per heavy atom. The van der Waals surface area contributed by atoms with E-state index in [9.17, 15) is 4.79 Å². The summed E-state index contributed by atoms with van der Waals surface area (Å²) >= 11 is 6.12. The number of piperidine rings is 1. The van der Waals surface area contributed by atoms with Crippen LogP contribution in [0.1, 0.15) is 35.7 Å². The van der Waals surface area contributed by atoms with Crippen molar-refractivity contribution in [2.45, 2.75) is 32.1 Å². The van der Waals surface area contributed by atoms with E-state index in [0.29, 0.717) is 5.92 Å². The van der Waals surface area contributed by atoms with Gasteiger partial charge in [-0.15, -0.1) is 11.6 Å². The summed E-state index contributed by atoms with van der Waals surface area (Å²) in [6, 6.07) is 7.79. The Kier molecular flexibility index (Phi) is 4.28. The second kappa shape index (κ2) is 5.75. The molecule has 98 valence electrons. The molecule has 0 aromatic heterocycles. The van der Waals surface area contributed by atoms with Gasteiger partial charge in [0.25, 0.3) is 5.91 Å².